The molecule has 0 aliphatic rings. The van der Waals surface area contributed by atoms with Crippen LogP contribution in [0.3, 0.4) is 0 Å². The largest absolute Gasteiger partial charge is 0.494 e. The van der Waals surface area contributed by atoms with Crippen LogP contribution in [0, 0.1) is 0 Å². The zero-order valence-electron chi connectivity index (χ0n) is 40.9. The molecule has 13 heteroatoms. The van der Waals surface area contributed by atoms with Crippen LogP contribution in [0.5, 0.6) is 28.7 Å². The van der Waals surface area contributed by atoms with E-state index in [0.29, 0.717) is 78.5 Å². The van der Waals surface area contributed by atoms with Gasteiger partial charge in [-0.25, -0.2) is 24.2 Å². The maximum atomic E-state index is 13.5. The Morgan fingerprint density at radius 1 is 0.479 bits per heavy atom. The van der Waals surface area contributed by atoms with Gasteiger partial charge in [0.25, 0.3) is 0 Å². The van der Waals surface area contributed by atoms with E-state index < -0.39 is 23.9 Å². The van der Waals surface area contributed by atoms with E-state index in [9.17, 15) is 19.2 Å². The normalized spacial score (nSPS) is 10.8. The molecule has 0 spiro atoms. The van der Waals surface area contributed by atoms with E-state index in [1.807, 2.05) is 54.4 Å². The van der Waals surface area contributed by atoms with Gasteiger partial charge in [-0.2, -0.15) is 0 Å². The number of aromatic nitrogens is 1. The van der Waals surface area contributed by atoms with Crippen molar-refractivity contribution in [3.8, 4) is 28.7 Å². The molecular formula is C58H64N2O11. The third-order valence-corrected chi connectivity index (χ3v) is 11.6. The standard InChI is InChI=1S/C58H64N2O11/c1-5-8-9-14-35-67-47-29-23-44(24-30-47)60(4)56-52-40-48(70-57(63)42-19-25-45(26-20-42)65-36-15-10-12-17-38-68-54(61)6-2)31-33-50(52)51-34-32-49(41-53(51)59-56)71-58(64)43-21-27-46(28-22-43)66-37-16-11-13-18-39-69-55(62)7-3/h6-7,19-34,40-41H,2-3,5,8-18,35-39H2,1,4H3. The smallest absolute Gasteiger partial charge is 0.343 e. The van der Waals surface area contributed by atoms with Gasteiger partial charge < -0.3 is 38.1 Å². The zero-order valence-corrected chi connectivity index (χ0v) is 40.9. The Balaban J connectivity index is 1.13. The minimum atomic E-state index is -0.526. The second kappa shape index (κ2) is 28.1. The minimum absolute atomic E-state index is 0.325. The van der Waals surface area contributed by atoms with E-state index in [4.69, 9.17) is 38.1 Å². The van der Waals surface area contributed by atoms with Crippen molar-refractivity contribution >= 4 is 57.1 Å². The van der Waals surface area contributed by atoms with Crippen molar-refractivity contribution in [1.82, 2.24) is 4.98 Å². The molecule has 0 atom stereocenters. The van der Waals surface area contributed by atoms with Crippen LogP contribution in [0.2, 0.25) is 0 Å². The summed E-state index contributed by atoms with van der Waals surface area (Å²) in [6.07, 6.45) is 13.7. The number of ether oxygens (including phenoxy) is 7. The molecule has 13 nitrogen and oxygen atoms in total. The molecule has 0 amide bonds. The molecule has 71 heavy (non-hydrogen) atoms. The van der Waals surface area contributed by atoms with Gasteiger partial charge in [-0.1, -0.05) is 39.3 Å². The average Bonchev–Trinajstić information content (AvgIpc) is 3.39. The summed E-state index contributed by atoms with van der Waals surface area (Å²) in [6, 6.07) is 32.3. The fraction of sp³-hybridized carbons (Fsp3) is 0.328. The van der Waals surface area contributed by atoms with Crippen LogP contribution in [-0.2, 0) is 19.1 Å². The van der Waals surface area contributed by atoms with Gasteiger partial charge in [0.15, 0.2) is 0 Å². The second-order valence-electron chi connectivity index (χ2n) is 16.9. The number of carbonyl (C=O) groups excluding carboxylic acids is 4. The minimum Gasteiger partial charge on any atom is -0.494 e. The number of anilines is 2. The predicted molar refractivity (Wildman–Crippen MR) is 276 cm³/mol. The maximum Gasteiger partial charge on any atom is 0.343 e. The Bertz CT molecular complexity index is 2700. The first-order valence-corrected chi connectivity index (χ1v) is 24.5. The van der Waals surface area contributed by atoms with Crippen LogP contribution >= 0.6 is 0 Å². The molecule has 0 bridgehead atoms. The zero-order chi connectivity index (χ0) is 50.2. The molecule has 372 valence electrons. The fourth-order valence-electron chi connectivity index (χ4n) is 7.60. The molecule has 6 rings (SSSR count). The van der Waals surface area contributed by atoms with Crippen LogP contribution in [0.25, 0.3) is 21.7 Å². The first-order valence-electron chi connectivity index (χ1n) is 24.5. The number of esters is 4. The SMILES string of the molecule is C=CC(=O)OCCCCCCOc1ccc(C(=O)Oc2ccc3c(c2)nc(N(C)c2ccc(OCCCCCC)cc2)c2cc(OC(=O)c4ccc(OCCCCCCOC(=O)C=C)cc4)ccc23)cc1. The lowest BCUT2D eigenvalue weighted by Gasteiger charge is -2.22. The highest BCUT2D eigenvalue weighted by Crippen LogP contribution is 2.38. The molecule has 0 saturated carbocycles. The van der Waals surface area contributed by atoms with Crippen molar-refractivity contribution in [2.24, 2.45) is 0 Å². The molecule has 6 aromatic rings. The molecule has 0 N–H and O–H groups in total. The van der Waals surface area contributed by atoms with E-state index in [1.54, 1.807) is 66.7 Å². The number of nitrogens with zero attached hydrogens (tertiary/aromatic N) is 2. The summed E-state index contributed by atoms with van der Waals surface area (Å²) in [4.78, 5) is 56.3. The third kappa shape index (κ3) is 16.5. The molecule has 0 saturated heterocycles. The molecular weight excluding hydrogens is 901 g/mol. The summed E-state index contributed by atoms with van der Waals surface area (Å²) >= 11 is 0. The highest BCUT2D eigenvalue weighted by Gasteiger charge is 2.18. The summed E-state index contributed by atoms with van der Waals surface area (Å²) in [5.41, 5.74) is 2.18. The lowest BCUT2D eigenvalue weighted by atomic mass is 10.0. The molecule has 0 radical (unpaired) electrons. The van der Waals surface area contributed by atoms with Crippen molar-refractivity contribution in [1.29, 1.82) is 0 Å². The quantitative estimate of drug-likeness (QED) is 0.0139. The monoisotopic (exact) mass is 964 g/mol. The summed E-state index contributed by atoms with van der Waals surface area (Å²) < 4.78 is 39.6. The number of hydrogen-bond donors (Lipinski definition) is 0. The topological polar surface area (TPSA) is 149 Å². The van der Waals surface area contributed by atoms with Crippen molar-refractivity contribution in [3.63, 3.8) is 0 Å². The third-order valence-electron chi connectivity index (χ3n) is 11.6. The maximum absolute atomic E-state index is 13.5. The van der Waals surface area contributed by atoms with Gasteiger partial charge >= 0.3 is 23.9 Å². The average molecular weight is 965 g/mol. The van der Waals surface area contributed by atoms with Crippen LogP contribution in [-0.4, -0.2) is 68.9 Å². The molecule has 0 unspecified atom stereocenters. The number of hydrogen-bond acceptors (Lipinski definition) is 13. The Kier molecular flexibility index (Phi) is 20.9. The summed E-state index contributed by atoms with van der Waals surface area (Å²) in [5, 5.41) is 2.40. The van der Waals surface area contributed by atoms with Gasteiger partial charge in [0.1, 0.15) is 34.6 Å². The Morgan fingerprint density at radius 2 is 0.887 bits per heavy atom. The van der Waals surface area contributed by atoms with Crippen LogP contribution in [0.1, 0.15) is 105 Å². The number of rotatable bonds is 30. The fourth-order valence-corrected chi connectivity index (χ4v) is 7.60. The van der Waals surface area contributed by atoms with Gasteiger partial charge in [0.2, 0.25) is 0 Å². The van der Waals surface area contributed by atoms with Crippen LogP contribution < -0.4 is 28.6 Å². The summed E-state index contributed by atoms with van der Waals surface area (Å²) in [5.74, 6) is 1.45. The van der Waals surface area contributed by atoms with E-state index in [1.165, 1.54) is 6.42 Å². The van der Waals surface area contributed by atoms with Gasteiger partial charge in [-0.3, -0.25) is 0 Å². The van der Waals surface area contributed by atoms with Crippen LogP contribution in [0.4, 0.5) is 11.5 Å². The summed E-state index contributed by atoms with van der Waals surface area (Å²) in [6.45, 7) is 11.4. The van der Waals surface area contributed by atoms with Crippen molar-refractivity contribution in [2.45, 2.75) is 84.0 Å². The molecule has 0 fully saturated rings. The number of fused-ring (bicyclic) bond motifs is 3. The first-order chi connectivity index (χ1) is 34.6. The van der Waals surface area contributed by atoms with Crippen molar-refractivity contribution in [3.05, 3.63) is 146 Å². The van der Waals surface area contributed by atoms with E-state index in [-0.39, 0.29) is 0 Å². The Morgan fingerprint density at radius 3 is 1.35 bits per heavy atom. The number of benzene rings is 5. The predicted octanol–water partition coefficient (Wildman–Crippen LogP) is 12.9. The molecule has 5 aromatic carbocycles. The van der Waals surface area contributed by atoms with E-state index in [2.05, 4.69) is 20.1 Å². The molecule has 0 aliphatic carbocycles. The van der Waals surface area contributed by atoms with Crippen LogP contribution in [0.15, 0.2) is 135 Å². The van der Waals surface area contributed by atoms with Gasteiger partial charge in [0.05, 0.1) is 49.7 Å². The van der Waals surface area contributed by atoms with Crippen molar-refractivity contribution < 1.29 is 52.3 Å². The van der Waals surface area contributed by atoms with Gasteiger partial charge in [0, 0.05) is 41.7 Å². The summed E-state index contributed by atoms with van der Waals surface area (Å²) in [7, 11) is 1.92. The Hall–Kier alpha value is -7.67. The van der Waals surface area contributed by atoms with Crippen molar-refractivity contribution in [2.75, 3.05) is 45.0 Å². The Labute approximate surface area is 416 Å². The number of carbonyl (C=O) groups is 4. The second-order valence-corrected chi connectivity index (χ2v) is 16.9. The van der Waals surface area contributed by atoms with E-state index >= 15 is 0 Å². The first kappa shape index (κ1) is 52.7. The number of unbranched alkanes of at least 4 members (excludes halogenated alkanes) is 9. The highest BCUT2D eigenvalue weighted by atomic mass is 16.5. The molecule has 0 aliphatic heterocycles. The van der Waals surface area contributed by atoms with E-state index in [0.717, 1.165) is 110 Å². The number of pyridine rings is 1. The molecule has 1 heterocycles. The highest BCUT2D eigenvalue weighted by molar-refractivity contribution is 6.11. The lowest BCUT2D eigenvalue weighted by molar-refractivity contribution is -0.138. The lowest BCUT2D eigenvalue weighted by Crippen LogP contribution is -2.13. The van der Waals surface area contributed by atoms with Gasteiger partial charge in [-0.05, 0) is 166 Å². The van der Waals surface area contributed by atoms with Gasteiger partial charge in [-0.15, -0.1) is 0 Å². The molecule has 1 aromatic heterocycles.